The monoisotopic (exact) mass is 438 g/mol. The highest BCUT2D eigenvalue weighted by Crippen LogP contribution is 2.48. The van der Waals surface area contributed by atoms with Crippen molar-refractivity contribution in [1.82, 2.24) is 25.0 Å². The number of likely N-dealkylation sites (tertiary alicyclic amines) is 1. The van der Waals surface area contributed by atoms with Crippen LogP contribution in [0.25, 0.3) is 10.9 Å². The van der Waals surface area contributed by atoms with E-state index in [1.54, 1.807) is 23.4 Å². The Kier molecular flexibility index (Phi) is 5.35. The van der Waals surface area contributed by atoms with E-state index in [0.29, 0.717) is 22.7 Å². The summed E-state index contributed by atoms with van der Waals surface area (Å²) in [5.74, 6) is 0.240. The lowest BCUT2D eigenvalue weighted by molar-refractivity contribution is -0.140. The molecule has 170 valence electrons. The van der Waals surface area contributed by atoms with Gasteiger partial charge in [-0.1, -0.05) is 26.2 Å². The minimum absolute atomic E-state index is 0.0304. The Morgan fingerprint density at radius 2 is 2.06 bits per heavy atom. The zero-order chi connectivity index (χ0) is 22.4. The fraction of sp³-hybridized carbons (Fsp3) is 0.609. The molecule has 3 heterocycles. The zero-order valence-electron chi connectivity index (χ0n) is 18.4. The van der Waals surface area contributed by atoms with E-state index in [2.05, 4.69) is 22.3 Å². The molecule has 1 saturated heterocycles. The maximum absolute atomic E-state index is 13.3. The van der Waals surface area contributed by atoms with Crippen LogP contribution in [0.3, 0.4) is 0 Å². The van der Waals surface area contributed by atoms with Gasteiger partial charge in [0.2, 0.25) is 11.8 Å². The highest BCUT2D eigenvalue weighted by molar-refractivity contribution is 6.04. The van der Waals surface area contributed by atoms with Crippen molar-refractivity contribution in [1.29, 1.82) is 0 Å². The number of amides is 3. The van der Waals surface area contributed by atoms with Crippen LogP contribution in [0.4, 0.5) is 0 Å². The number of fused-ring (bicyclic) bond motifs is 2. The van der Waals surface area contributed by atoms with Crippen LogP contribution in [0.2, 0.25) is 0 Å². The van der Waals surface area contributed by atoms with E-state index < -0.39 is 11.9 Å². The van der Waals surface area contributed by atoms with Gasteiger partial charge >= 0.3 is 0 Å². The first-order chi connectivity index (χ1) is 15.5. The largest absolute Gasteiger partial charge is 0.364 e. The Bertz CT molecular complexity index is 1070. The van der Waals surface area contributed by atoms with Gasteiger partial charge in [-0.05, 0) is 43.6 Å². The lowest BCUT2D eigenvalue weighted by Crippen LogP contribution is -2.51. The van der Waals surface area contributed by atoms with E-state index in [1.807, 2.05) is 0 Å². The molecule has 5 atom stereocenters. The molecule has 3 aliphatic rings. The number of aromatic nitrogens is 3. The molecule has 1 unspecified atom stereocenters. The fourth-order valence-corrected chi connectivity index (χ4v) is 5.67. The molecule has 2 saturated carbocycles. The van der Waals surface area contributed by atoms with Crippen molar-refractivity contribution in [2.45, 2.75) is 76.5 Å². The lowest BCUT2D eigenvalue weighted by Gasteiger charge is -2.32. The van der Waals surface area contributed by atoms with Gasteiger partial charge < -0.3 is 16.0 Å². The summed E-state index contributed by atoms with van der Waals surface area (Å²) in [7, 11) is 0. The number of nitrogens with zero attached hydrogens (tertiary/aromatic N) is 4. The highest BCUT2D eigenvalue weighted by Gasteiger charge is 2.56. The molecule has 0 radical (unpaired) electrons. The number of carbonyl (C=O) groups excluding carboxylic acids is 3. The van der Waals surface area contributed by atoms with E-state index >= 15 is 0 Å². The van der Waals surface area contributed by atoms with Crippen molar-refractivity contribution < 1.29 is 14.4 Å². The van der Waals surface area contributed by atoms with E-state index in [0.717, 1.165) is 38.5 Å². The van der Waals surface area contributed by atoms with E-state index in [1.165, 1.54) is 11.1 Å². The van der Waals surface area contributed by atoms with Crippen LogP contribution >= 0.6 is 0 Å². The van der Waals surface area contributed by atoms with Crippen LogP contribution in [-0.2, 0) is 16.1 Å². The predicted octanol–water partition coefficient (Wildman–Crippen LogP) is 1.60. The van der Waals surface area contributed by atoms with Gasteiger partial charge in [0.25, 0.3) is 5.91 Å². The van der Waals surface area contributed by atoms with Gasteiger partial charge in [0.1, 0.15) is 12.6 Å². The van der Waals surface area contributed by atoms with Gasteiger partial charge in [-0.15, -0.1) is 0 Å². The first-order valence-electron chi connectivity index (χ1n) is 11.7. The lowest BCUT2D eigenvalue weighted by atomic mass is 9.84. The van der Waals surface area contributed by atoms with Crippen molar-refractivity contribution >= 4 is 28.6 Å². The number of hydrogen-bond acceptors (Lipinski definition) is 5. The minimum Gasteiger partial charge on any atom is -0.364 e. The molecule has 3 N–H and O–H groups in total. The predicted molar refractivity (Wildman–Crippen MR) is 117 cm³/mol. The second kappa shape index (κ2) is 8.18. The molecule has 0 bridgehead atoms. The number of piperidine rings is 1. The number of pyridine rings is 1. The Hall–Kier alpha value is -2.97. The van der Waals surface area contributed by atoms with Crippen LogP contribution < -0.4 is 11.1 Å². The molecule has 1 aliphatic heterocycles. The molecule has 0 aromatic carbocycles. The summed E-state index contributed by atoms with van der Waals surface area (Å²) in [5.41, 5.74) is 6.16. The van der Waals surface area contributed by atoms with E-state index in [-0.39, 0.29) is 36.1 Å². The molecular weight excluding hydrogens is 408 g/mol. The molecule has 5 rings (SSSR count). The molecule has 2 aromatic heterocycles. The average molecular weight is 439 g/mol. The standard InChI is InChI=1S/C23H30N6O3/c1-2-13-4-3-5-15(8-13)26-23(32)18-10-14-9-17(14)29(18)20(30)12-28-19-11-25-7-6-16(19)21(27-28)22(24)31/h6-7,11,13-15,17-18H,2-5,8-10,12H2,1H3,(H2,24,31)(H,26,32)/t13-,14+,15?,17+,18-/m0/s1. The molecule has 2 aromatic rings. The number of nitrogens with one attached hydrogen (secondary N) is 1. The molecule has 3 fully saturated rings. The van der Waals surface area contributed by atoms with E-state index in [9.17, 15) is 14.4 Å². The first-order valence-corrected chi connectivity index (χ1v) is 11.7. The van der Waals surface area contributed by atoms with Crippen molar-refractivity contribution in [3.63, 3.8) is 0 Å². The topological polar surface area (TPSA) is 123 Å². The molecule has 9 nitrogen and oxygen atoms in total. The Morgan fingerprint density at radius 1 is 1.22 bits per heavy atom. The molecule has 2 aliphatic carbocycles. The Labute approximate surface area is 186 Å². The highest BCUT2D eigenvalue weighted by atomic mass is 16.2. The summed E-state index contributed by atoms with van der Waals surface area (Å²) in [6.07, 6.45) is 10.4. The smallest absolute Gasteiger partial charge is 0.269 e. The third-order valence-electron chi connectivity index (χ3n) is 7.47. The van der Waals surface area contributed by atoms with Gasteiger partial charge in [-0.25, -0.2) is 0 Å². The Morgan fingerprint density at radius 3 is 2.84 bits per heavy atom. The normalized spacial score (nSPS) is 29.0. The zero-order valence-corrected chi connectivity index (χ0v) is 18.4. The van der Waals surface area contributed by atoms with Crippen molar-refractivity contribution in [3.8, 4) is 0 Å². The third-order valence-corrected chi connectivity index (χ3v) is 7.47. The van der Waals surface area contributed by atoms with Gasteiger partial charge in [0.15, 0.2) is 5.69 Å². The van der Waals surface area contributed by atoms with Gasteiger partial charge in [-0.2, -0.15) is 5.10 Å². The molecule has 0 spiro atoms. The number of primary amides is 1. The van der Waals surface area contributed by atoms with Gasteiger partial charge in [0.05, 0.1) is 11.7 Å². The van der Waals surface area contributed by atoms with Crippen LogP contribution in [0.5, 0.6) is 0 Å². The average Bonchev–Trinajstić information content (AvgIpc) is 3.29. The summed E-state index contributed by atoms with van der Waals surface area (Å²) < 4.78 is 1.47. The third kappa shape index (κ3) is 3.73. The summed E-state index contributed by atoms with van der Waals surface area (Å²) in [6.45, 7) is 2.15. The second-order valence-electron chi connectivity index (χ2n) is 9.53. The number of nitrogens with two attached hydrogens (primary N) is 1. The van der Waals surface area contributed by atoms with Crippen molar-refractivity contribution in [3.05, 3.63) is 24.2 Å². The first kappa shape index (κ1) is 20.9. The maximum Gasteiger partial charge on any atom is 0.269 e. The number of carbonyl (C=O) groups is 3. The molecular formula is C23H30N6O3. The second-order valence-corrected chi connectivity index (χ2v) is 9.53. The SMILES string of the molecule is CC[C@H]1CCCC(NC(=O)[C@@H]2C[C@H]3C[C@H]3N2C(=O)Cn2nc(C(N)=O)c3ccncc32)C1. The van der Waals surface area contributed by atoms with Crippen LogP contribution in [-0.4, -0.2) is 55.5 Å². The maximum atomic E-state index is 13.3. The van der Waals surface area contributed by atoms with Gasteiger partial charge in [-0.3, -0.25) is 24.0 Å². The van der Waals surface area contributed by atoms with Crippen molar-refractivity contribution in [2.75, 3.05) is 0 Å². The summed E-state index contributed by atoms with van der Waals surface area (Å²) in [6, 6.07) is 1.57. The molecule has 9 heteroatoms. The van der Waals surface area contributed by atoms with E-state index in [4.69, 9.17) is 5.73 Å². The molecule has 3 amide bonds. The van der Waals surface area contributed by atoms with Crippen LogP contribution in [0, 0.1) is 11.8 Å². The van der Waals surface area contributed by atoms with Gasteiger partial charge in [0, 0.05) is 23.7 Å². The molecule has 32 heavy (non-hydrogen) atoms. The quantitative estimate of drug-likeness (QED) is 0.709. The van der Waals surface area contributed by atoms with Crippen LogP contribution in [0.1, 0.15) is 62.4 Å². The summed E-state index contributed by atoms with van der Waals surface area (Å²) >= 11 is 0. The summed E-state index contributed by atoms with van der Waals surface area (Å²) in [4.78, 5) is 44.1. The number of rotatable bonds is 6. The van der Waals surface area contributed by atoms with Crippen molar-refractivity contribution in [2.24, 2.45) is 17.6 Å². The minimum atomic E-state index is -0.647. The van der Waals surface area contributed by atoms with Crippen LogP contribution in [0.15, 0.2) is 18.5 Å². The number of hydrogen-bond donors (Lipinski definition) is 2. The fourth-order valence-electron chi connectivity index (χ4n) is 5.67. The summed E-state index contributed by atoms with van der Waals surface area (Å²) in [5, 5.41) is 8.08. The Balaban J connectivity index is 1.32.